The zero-order chi connectivity index (χ0) is 16.8. The fourth-order valence-electron chi connectivity index (χ4n) is 2.75. The Bertz CT molecular complexity index is 674. The van der Waals surface area contributed by atoms with Gasteiger partial charge in [0.1, 0.15) is 12.4 Å². The summed E-state index contributed by atoms with van der Waals surface area (Å²) < 4.78 is 5.93. The number of hydrogen-bond acceptors (Lipinski definition) is 3. The van der Waals surface area contributed by atoms with E-state index in [1.807, 2.05) is 61.5 Å². The smallest absolute Gasteiger partial charge is 0.223 e. The van der Waals surface area contributed by atoms with E-state index in [1.165, 1.54) is 0 Å². The van der Waals surface area contributed by atoms with Gasteiger partial charge in [-0.25, -0.2) is 0 Å². The lowest BCUT2D eigenvalue weighted by Crippen LogP contribution is -2.49. The summed E-state index contributed by atoms with van der Waals surface area (Å²) in [5.74, 6) is 1.43. The Kier molecular flexibility index (Phi) is 7.29. The van der Waals surface area contributed by atoms with Crippen LogP contribution in [0.1, 0.15) is 18.1 Å². The van der Waals surface area contributed by atoms with Crippen LogP contribution in [0.5, 0.6) is 5.75 Å². The maximum Gasteiger partial charge on any atom is 0.223 e. The molecule has 0 saturated carbocycles. The molecule has 3 rings (SSSR count). The Balaban J connectivity index is 0.00000225. The van der Waals surface area contributed by atoms with Crippen LogP contribution in [0.4, 0.5) is 0 Å². The first kappa shape index (κ1) is 19.3. The van der Waals surface area contributed by atoms with Gasteiger partial charge in [-0.05, 0) is 30.6 Å². The molecule has 1 heterocycles. The van der Waals surface area contributed by atoms with Crippen molar-refractivity contribution >= 4 is 18.3 Å². The van der Waals surface area contributed by atoms with Crippen molar-refractivity contribution in [2.45, 2.75) is 20.1 Å². The SMILES string of the molecule is CC(C(=O)NCc1ccccc1OCc1ccccc1)C1CNC1.Cl. The maximum absolute atomic E-state index is 12.3. The number of nitrogens with one attached hydrogen (secondary N) is 2. The summed E-state index contributed by atoms with van der Waals surface area (Å²) in [5.41, 5.74) is 2.13. The van der Waals surface area contributed by atoms with Crippen molar-refractivity contribution in [1.82, 2.24) is 10.6 Å². The second-order valence-electron chi connectivity index (χ2n) is 6.31. The molecule has 1 aliphatic heterocycles. The highest BCUT2D eigenvalue weighted by Crippen LogP contribution is 2.20. The van der Waals surface area contributed by atoms with E-state index >= 15 is 0 Å². The second-order valence-corrected chi connectivity index (χ2v) is 6.31. The summed E-state index contributed by atoms with van der Waals surface area (Å²) in [6.45, 7) is 4.89. The van der Waals surface area contributed by atoms with Crippen LogP contribution in [0.2, 0.25) is 0 Å². The van der Waals surface area contributed by atoms with Crippen LogP contribution in [0.3, 0.4) is 0 Å². The first-order valence-corrected chi connectivity index (χ1v) is 8.47. The minimum Gasteiger partial charge on any atom is -0.489 e. The van der Waals surface area contributed by atoms with Gasteiger partial charge >= 0.3 is 0 Å². The lowest BCUT2D eigenvalue weighted by atomic mass is 9.88. The number of rotatable bonds is 7. The Hall–Kier alpha value is -2.04. The van der Waals surface area contributed by atoms with E-state index < -0.39 is 0 Å². The lowest BCUT2D eigenvalue weighted by molar-refractivity contribution is -0.126. The summed E-state index contributed by atoms with van der Waals surface area (Å²) in [5, 5.41) is 6.25. The molecular weight excluding hydrogens is 336 g/mol. The molecule has 2 aromatic rings. The summed E-state index contributed by atoms with van der Waals surface area (Å²) in [6.07, 6.45) is 0. The number of amides is 1. The average Bonchev–Trinajstić information content (AvgIpc) is 2.58. The molecule has 0 spiro atoms. The highest BCUT2D eigenvalue weighted by atomic mass is 35.5. The van der Waals surface area contributed by atoms with Crippen LogP contribution < -0.4 is 15.4 Å². The second kappa shape index (κ2) is 9.44. The average molecular weight is 361 g/mol. The highest BCUT2D eigenvalue weighted by molar-refractivity contribution is 5.85. The number of carbonyl (C=O) groups excluding carboxylic acids is 1. The van der Waals surface area contributed by atoms with Gasteiger partial charge < -0.3 is 15.4 Å². The molecule has 134 valence electrons. The fraction of sp³-hybridized carbons (Fsp3) is 0.350. The normalized spacial score (nSPS) is 14.8. The number of halogens is 1. The summed E-state index contributed by atoms with van der Waals surface area (Å²) in [7, 11) is 0. The number of carbonyl (C=O) groups is 1. The van der Waals surface area contributed by atoms with Gasteiger partial charge in [0.2, 0.25) is 5.91 Å². The van der Waals surface area contributed by atoms with Gasteiger partial charge in [-0.1, -0.05) is 55.5 Å². The van der Waals surface area contributed by atoms with Crippen LogP contribution in [0.15, 0.2) is 54.6 Å². The zero-order valence-corrected chi connectivity index (χ0v) is 15.2. The first-order valence-electron chi connectivity index (χ1n) is 8.47. The molecule has 1 saturated heterocycles. The Labute approximate surface area is 155 Å². The molecule has 0 aliphatic carbocycles. The zero-order valence-electron chi connectivity index (χ0n) is 14.4. The molecule has 5 heteroatoms. The third-order valence-electron chi connectivity index (χ3n) is 4.60. The Morgan fingerprint density at radius 2 is 1.84 bits per heavy atom. The molecule has 1 unspecified atom stereocenters. The topological polar surface area (TPSA) is 50.4 Å². The Morgan fingerprint density at radius 1 is 1.16 bits per heavy atom. The van der Waals surface area contributed by atoms with Crippen molar-refractivity contribution < 1.29 is 9.53 Å². The maximum atomic E-state index is 12.3. The van der Waals surface area contributed by atoms with Crippen LogP contribution in [-0.4, -0.2) is 19.0 Å². The molecule has 1 atom stereocenters. The molecule has 1 aliphatic rings. The Morgan fingerprint density at radius 3 is 2.52 bits per heavy atom. The molecule has 0 aromatic heterocycles. The molecular formula is C20H25ClN2O2. The van der Waals surface area contributed by atoms with Crippen molar-refractivity contribution in [2.75, 3.05) is 13.1 Å². The van der Waals surface area contributed by atoms with Crippen LogP contribution in [0.25, 0.3) is 0 Å². The van der Waals surface area contributed by atoms with Gasteiger partial charge in [0.25, 0.3) is 0 Å². The van der Waals surface area contributed by atoms with Crippen LogP contribution in [0, 0.1) is 11.8 Å². The van der Waals surface area contributed by atoms with Crippen molar-refractivity contribution in [3.05, 3.63) is 65.7 Å². The van der Waals surface area contributed by atoms with Crippen molar-refractivity contribution in [3.8, 4) is 5.75 Å². The highest BCUT2D eigenvalue weighted by Gasteiger charge is 2.28. The number of benzene rings is 2. The van der Waals surface area contributed by atoms with Gasteiger partial charge in [0.15, 0.2) is 0 Å². The van der Waals surface area contributed by atoms with Crippen molar-refractivity contribution in [3.63, 3.8) is 0 Å². The first-order chi connectivity index (χ1) is 11.7. The predicted molar refractivity (Wildman–Crippen MR) is 102 cm³/mol. The van der Waals surface area contributed by atoms with Gasteiger partial charge in [0, 0.05) is 18.0 Å². The monoisotopic (exact) mass is 360 g/mol. The van der Waals surface area contributed by atoms with E-state index in [-0.39, 0.29) is 24.2 Å². The van der Waals surface area contributed by atoms with Gasteiger partial charge in [-0.15, -0.1) is 12.4 Å². The molecule has 1 amide bonds. The minimum absolute atomic E-state index is 0. The fourth-order valence-corrected chi connectivity index (χ4v) is 2.75. The van der Waals surface area contributed by atoms with E-state index in [1.54, 1.807) is 0 Å². The molecule has 2 aromatic carbocycles. The van der Waals surface area contributed by atoms with Crippen molar-refractivity contribution in [1.29, 1.82) is 0 Å². The molecule has 4 nitrogen and oxygen atoms in total. The van der Waals surface area contributed by atoms with Crippen LogP contribution >= 0.6 is 12.4 Å². The summed E-state index contributed by atoms with van der Waals surface area (Å²) >= 11 is 0. The van der Waals surface area contributed by atoms with Gasteiger partial charge in [-0.2, -0.15) is 0 Å². The molecule has 25 heavy (non-hydrogen) atoms. The van der Waals surface area contributed by atoms with E-state index in [0.717, 1.165) is 30.0 Å². The molecule has 2 N–H and O–H groups in total. The van der Waals surface area contributed by atoms with E-state index in [0.29, 0.717) is 19.1 Å². The summed E-state index contributed by atoms with van der Waals surface area (Å²) in [4.78, 5) is 12.3. The summed E-state index contributed by atoms with van der Waals surface area (Å²) in [6, 6.07) is 17.9. The standard InChI is InChI=1S/C20H24N2O2.ClH/c1-15(18-11-21-12-18)20(23)22-13-17-9-5-6-10-19(17)24-14-16-7-3-2-4-8-16;/h2-10,15,18,21H,11-14H2,1H3,(H,22,23);1H. The van der Waals surface area contributed by atoms with Gasteiger partial charge in [-0.3, -0.25) is 4.79 Å². The lowest BCUT2D eigenvalue weighted by Gasteiger charge is -2.31. The predicted octanol–water partition coefficient (Wildman–Crippen LogP) is 3.16. The number of ether oxygens (including phenoxy) is 1. The molecule has 1 fully saturated rings. The van der Waals surface area contributed by atoms with E-state index in [4.69, 9.17) is 4.74 Å². The third-order valence-corrected chi connectivity index (χ3v) is 4.60. The van der Waals surface area contributed by atoms with Crippen molar-refractivity contribution in [2.24, 2.45) is 11.8 Å². The molecule has 0 bridgehead atoms. The van der Waals surface area contributed by atoms with E-state index in [9.17, 15) is 4.79 Å². The molecule has 0 radical (unpaired) electrons. The van der Waals surface area contributed by atoms with E-state index in [2.05, 4.69) is 10.6 Å². The number of para-hydroxylation sites is 1. The quantitative estimate of drug-likeness (QED) is 0.797. The third kappa shape index (κ3) is 5.21. The van der Waals surface area contributed by atoms with Gasteiger partial charge in [0.05, 0.1) is 0 Å². The minimum atomic E-state index is 0. The van der Waals surface area contributed by atoms with Crippen LogP contribution in [-0.2, 0) is 17.9 Å². The largest absolute Gasteiger partial charge is 0.489 e. The number of hydrogen-bond donors (Lipinski definition) is 2.